The van der Waals surface area contributed by atoms with Crippen LogP contribution in [0.3, 0.4) is 0 Å². The predicted octanol–water partition coefficient (Wildman–Crippen LogP) is 2.88. The number of carboxylic acids is 2. The molecule has 0 saturated carbocycles. The quantitative estimate of drug-likeness (QED) is 0.721. The van der Waals surface area contributed by atoms with E-state index in [0.717, 1.165) is 9.80 Å². The van der Waals surface area contributed by atoms with Gasteiger partial charge in [0.15, 0.2) is 0 Å². The Labute approximate surface area is 171 Å². The first kappa shape index (κ1) is 21.9. The Morgan fingerprint density at radius 1 is 0.793 bits per heavy atom. The molecular weight excluding hydrogens is 400 g/mol. The summed E-state index contributed by atoms with van der Waals surface area (Å²) in [7, 11) is 0. The van der Waals surface area contributed by atoms with E-state index in [2.05, 4.69) is 0 Å². The Hall–Kier alpha value is -3.39. The van der Waals surface area contributed by atoms with E-state index < -0.39 is 23.8 Å². The van der Waals surface area contributed by atoms with Gasteiger partial charge in [-0.2, -0.15) is 0 Å². The average Bonchev–Trinajstić information content (AvgIpc) is 2.71. The predicted molar refractivity (Wildman–Crippen MR) is 108 cm³/mol. The van der Waals surface area contributed by atoms with Crippen molar-refractivity contribution in [1.82, 2.24) is 0 Å². The monoisotopic (exact) mass is 418 g/mol. The van der Waals surface area contributed by atoms with Gasteiger partial charge in [0.1, 0.15) is 0 Å². The maximum Gasteiger partial charge on any atom is 0.394 e. The van der Waals surface area contributed by atoms with Gasteiger partial charge < -0.3 is 20.0 Å². The molecule has 29 heavy (non-hydrogen) atoms. The molecule has 2 N–H and O–H groups in total. The fraction of sp³-hybridized carbons (Fsp3) is 0.200. The second-order valence-corrected chi connectivity index (χ2v) is 6.28. The second-order valence-electron chi connectivity index (χ2n) is 5.90. The number of amides is 2. The molecule has 2 aromatic rings. The topological polar surface area (TPSA) is 115 Å². The van der Waals surface area contributed by atoms with Gasteiger partial charge in [-0.3, -0.25) is 9.59 Å². The highest BCUT2D eigenvalue weighted by Crippen LogP contribution is 2.40. The third-order valence-electron chi connectivity index (χ3n) is 4.21. The highest BCUT2D eigenvalue weighted by Gasteiger charge is 2.29. The number of hydrogen-bond acceptors (Lipinski definition) is 4. The largest absolute Gasteiger partial charge is 0.474 e. The average molecular weight is 419 g/mol. The fourth-order valence-electron chi connectivity index (χ4n) is 2.86. The first-order valence-corrected chi connectivity index (χ1v) is 9.09. The van der Waals surface area contributed by atoms with Gasteiger partial charge in [-0.15, -0.1) is 0 Å². The van der Waals surface area contributed by atoms with Gasteiger partial charge in [0.25, 0.3) is 0 Å². The van der Waals surface area contributed by atoms with Crippen molar-refractivity contribution in [3.05, 3.63) is 47.5 Å². The van der Waals surface area contributed by atoms with Crippen LogP contribution in [0.1, 0.15) is 13.8 Å². The van der Waals surface area contributed by atoms with E-state index in [9.17, 15) is 19.2 Å². The van der Waals surface area contributed by atoms with Crippen LogP contribution in [-0.2, 0) is 19.2 Å². The second kappa shape index (κ2) is 9.20. The van der Waals surface area contributed by atoms with E-state index in [1.165, 1.54) is 12.1 Å². The van der Waals surface area contributed by atoms with Gasteiger partial charge in [0, 0.05) is 13.1 Å². The van der Waals surface area contributed by atoms with E-state index in [1.807, 2.05) is 0 Å². The number of aliphatic carboxylic acids is 2. The number of hydrogen-bond donors (Lipinski definition) is 2. The summed E-state index contributed by atoms with van der Waals surface area (Å²) in [6.45, 7) is 3.15. The number of benzene rings is 2. The minimum absolute atomic E-state index is 0.00153. The summed E-state index contributed by atoms with van der Waals surface area (Å²) in [6, 6.07) is 12.0. The molecule has 0 atom stereocenters. The molecule has 152 valence electrons. The van der Waals surface area contributed by atoms with E-state index >= 15 is 0 Å². The molecule has 0 heterocycles. The molecule has 2 rings (SSSR count). The van der Waals surface area contributed by atoms with Gasteiger partial charge in [0.2, 0.25) is 0 Å². The first-order chi connectivity index (χ1) is 13.7. The lowest BCUT2D eigenvalue weighted by atomic mass is 10.0. The number of rotatable bonds is 5. The number of carbonyl (C=O) groups is 4. The van der Waals surface area contributed by atoms with Crippen molar-refractivity contribution in [1.29, 1.82) is 0 Å². The van der Waals surface area contributed by atoms with Crippen LogP contribution < -0.4 is 9.80 Å². The van der Waals surface area contributed by atoms with Crippen LogP contribution in [0.15, 0.2) is 42.5 Å². The Bertz CT molecular complexity index is 906. The van der Waals surface area contributed by atoms with Crippen LogP contribution in [0, 0.1) is 0 Å². The molecule has 0 aliphatic rings. The number of anilines is 2. The summed E-state index contributed by atoms with van der Waals surface area (Å²) in [5.74, 6) is -5.72. The smallest absolute Gasteiger partial charge is 0.394 e. The molecular formula is C20H19ClN2O6. The van der Waals surface area contributed by atoms with Crippen molar-refractivity contribution in [2.24, 2.45) is 0 Å². The minimum atomic E-state index is -1.66. The number of likely N-dealkylation sites (N-methyl/N-ethyl adjacent to an activating group) is 2. The standard InChI is InChI=1S/C20H19ClN2O6/c1-3-22(17(24)19(26)27)14-10-13(12-8-6-5-7-9-12)11-15(16(14)21)23(4-2)18(25)20(28)29/h5-11H,3-4H2,1-2H3,(H,26,27)(H,28,29). The van der Waals surface area contributed by atoms with Crippen LogP contribution in [0.5, 0.6) is 0 Å². The van der Waals surface area contributed by atoms with Crippen molar-refractivity contribution in [2.45, 2.75) is 13.8 Å². The molecule has 0 saturated heterocycles. The maximum absolute atomic E-state index is 12.2. The van der Waals surface area contributed by atoms with E-state index in [1.54, 1.807) is 44.2 Å². The lowest BCUT2D eigenvalue weighted by Gasteiger charge is -2.26. The van der Waals surface area contributed by atoms with Crippen LogP contribution >= 0.6 is 11.6 Å². The first-order valence-electron chi connectivity index (χ1n) is 8.71. The van der Waals surface area contributed by atoms with Gasteiger partial charge in [-0.1, -0.05) is 41.9 Å². The van der Waals surface area contributed by atoms with Gasteiger partial charge in [-0.25, -0.2) is 9.59 Å². The Morgan fingerprint density at radius 2 is 1.21 bits per heavy atom. The van der Waals surface area contributed by atoms with Crippen molar-refractivity contribution in [3.63, 3.8) is 0 Å². The third-order valence-corrected chi connectivity index (χ3v) is 4.60. The molecule has 2 amide bonds. The lowest BCUT2D eigenvalue weighted by molar-refractivity contribution is -0.148. The van der Waals surface area contributed by atoms with E-state index in [4.69, 9.17) is 21.8 Å². The van der Waals surface area contributed by atoms with Crippen LogP contribution in [0.2, 0.25) is 5.02 Å². The number of nitrogens with zero attached hydrogens (tertiary/aromatic N) is 2. The molecule has 0 bridgehead atoms. The summed E-state index contributed by atoms with van der Waals surface area (Å²) in [4.78, 5) is 48.7. The maximum atomic E-state index is 12.2. The van der Waals surface area contributed by atoms with Gasteiger partial charge >= 0.3 is 23.8 Å². The molecule has 9 heteroatoms. The molecule has 0 aliphatic heterocycles. The molecule has 0 radical (unpaired) electrons. The molecule has 2 aromatic carbocycles. The van der Waals surface area contributed by atoms with E-state index in [0.29, 0.717) is 11.1 Å². The zero-order chi connectivity index (χ0) is 21.7. The summed E-state index contributed by atoms with van der Waals surface area (Å²) in [5, 5.41) is 18.2. The van der Waals surface area contributed by atoms with Gasteiger partial charge in [-0.05, 0) is 37.1 Å². The normalized spacial score (nSPS) is 10.3. The van der Waals surface area contributed by atoms with Crippen molar-refractivity contribution in [3.8, 4) is 11.1 Å². The van der Waals surface area contributed by atoms with E-state index in [-0.39, 0.29) is 29.5 Å². The summed E-state index contributed by atoms with van der Waals surface area (Å²) in [6.07, 6.45) is 0. The molecule has 0 aromatic heterocycles. The van der Waals surface area contributed by atoms with Crippen molar-refractivity contribution >= 4 is 46.7 Å². The number of carbonyl (C=O) groups excluding carboxylic acids is 2. The van der Waals surface area contributed by atoms with Crippen molar-refractivity contribution in [2.75, 3.05) is 22.9 Å². The fourth-order valence-corrected chi connectivity index (χ4v) is 3.18. The minimum Gasteiger partial charge on any atom is -0.474 e. The Kier molecular flexibility index (Phi) is 6.95. The Balaban J connectivity index is 2.79. The van der Waals surface area contributed by atoms with Crippen LogP contribution in [-0.4, -0.2) is 47.1 Å². The SMILES string of the molecule is CCN(C(=O)C(=O)O)c1cc(-c2ccccc2)cc(N(CC)C(=O)C(=O)O)c1Cl. The highest BCUT2D eigenvalue weighted by atomic mass is 35.5. The Morgan fingerprint density at radius 3 is 1.55 bits per heavy atom. The zero-order valence-electron chi connectivity index (χ0n) is 15.8. The van der Waals surface area contributed by atoms with Crippen LogP contribution in [0.4, 0.5) is 11.4 Å². The summed E-state index contributed by atoms with van der Waals surface area (Å²) in [5.41, 5.74) is 1.38. The molecule has 0 fully saturated rings. The lowest BCUT2D eigenvalue weighted by Crippen LogP contribution is -2.38. The van der Waals surface area contributed by atoms with Gasteiger partial charge in [0.05, 0.1) is 16.4 Å². The number of carboxylic acid groups (broad SMARTS) is 2. The molecule has 0 aliphatic carbocycles. The van der Waals surface area contributed by atoms with Crippen LogP contribution in [0.25, 0.3) is 11.1 Å². The number of halogens is 1. The summed E-state index contributed by atoms with van der Waals surface area (Å²) >= 11 is 6.44. The molecule has 0 spiro atoms. The zero-order valence-corrected chi connectivity index (χ0v) is 16.5. The molecule has 0 unspecified atom stereocenters. The van der Waals surface area contributed by atoms with Crippen molar-refractivity contribution < 1.29 is 29.4 Å². The summed E-state index contributed by atoms with van der Waals surface area (Å²) < 4.78 is 0. The third kappa shape index (κ3) is 4.55. The highest BCUT2D eigenvalue weighted by molar-refractivity contribution is 6.43. The molecule has 8 nitrogen and oxygen atoms in total.